The Bertz CT molecular complexity index is 449. The summed E-state index contributed by atoms with van der Waals surface area (Å²) in [5.41, 5.74) is 0.775. The first kappa shape index (κ1) is 13.2. The molecule has 1 amide bonds. The maximum atomic E-state index is 11.9. The van der Waals surface area contributed by atoms with Gasteiger partial charge in [0.15, 0.2) is 6.61 Å². The molecule has 1 aliphatic rings. The number of amides is 1. The molecule has 1 heterocycles. The number of halogens is 1. The Kier molecular flexibility index (Phi) is 4.09. The Morgan fingerprint density at radius 1 is 1.44 bits per heavy atom. The van der Waals surface area contributed by atoms with Crippen LogP contribution in [0.4, 0.5) is 5.69 Å². The average molecular weight is 269 g/mol. The first-order valence-electron chi connectivity index (χ1n) is 5.95. The minimum absolute atomic E-state index is 0.0106. The van der Waals surface area contributed by atoms with E-state index in [-0.39, 0.29) is 12.5 Å². The molecule has 0 fully saturated rings. The van der Waals surface area contributed by atoms with Crippen LogP contribution in [-0.2, 0) is 4.79 Å². The van der Waals surface area contributed by atoms with E-state index in [2.05, 4.69) is 4.90 Å². The number of ether oxygens (including phenoxy) is 1. The fourth-order valence-corrected chi connectivity index (χ4v) is 2.13. The minimum Gasteiger partial charge on any atom is -0.482 e. The van der Waals surface area contributed by atoms with Crippen LogP contribution in [0.1, 0.15) is 6.42 Å². The number of hydrogen-bond acceptors (Lipinski definition) is 3. The van der Waals surface area contributed by atoms with Crippen molar-refractivity contribution in [3.63, 3.8) is 0 Å². The van der Waals surface area contributed by atoms with Crippen molar-refractivity contribution in [2.24, 2.45) is 0 Å². The number of nitrogens with zero attached hydrogens (tertiary/aromatic N) is 2. The van der Waals surface area contributed by atoms with Crippen molar-refractivity contribution in [1.29, 1.82) is 0 Å². The third-order valence-corrected chi connectivity index (χ3v) is 3.09. The first-order chi connectivity index (χ1) is 8.58. The Morgan fingerprint density at radius 3 is 2.94 bits per heavy atom. The van der Waals surface area contributed by atoms with Gasteiger partial charge in [-0.05, 0) is 45.3 Å². The molecule has 1 aromatic carbocycles. The normalized spacial score (nSPS) is 14.7. The molecule has 5 heteroatoms. The van der Waals surface area contributed by atoms with Gasteiger partial charge in [-0.25, -0.2) is 0 Å². The number of fused-ring (bicyclic) bond motifs is 1. The molecule has 0 bridgehead atoms. The number of anilines is 1. The van der Waals surface area contributed by atoms with Crippen LogP contribution in [-0.4, -0.2) is 44.6 Å². The van der Waals surface area contributed by atoms with Gasteiger partial charge in [0.05, 0.1) is 5.69 Å². The van der Waals surface area contributed by atoms with Crippen LogP contribution < -0.4 is 9.64 Å². The zero-order valence-corrected chi connectivity index (χ0v) is 11.4. The largest absolute Gasteiger partial charge is 0.482 e. The SMILES string of the molecule is CN(C)CCCN1C(=O)COc2ccc(Cl)cc21. The summed E-state index contributed by atoms with van der Waals surface area (Å²) in [6, 6.07) is 5.36. The predicted molar refractivity (Wildman–Crippen MR) is 72.5 cm³/mol. The molecule has 4 nitrogen and oxygen atoms in total. The van der Waals surface area contributed by atoms with Gasteiger partial charge in [0, 0.05) is 11.6 Å². The molecule has 0 radical (unpaired) electrons. The zero-order chi connectivity index (χ0) is 13.1. The topological polar surface area (TPSA) is 32.8 Å². The predicted octanol–water partition coefficient (Wildman–Crippen LogP) is 2.02. The highest BCUT2D eigenvalue weighted by atomic mass is 35.5. The molecule has 0 N–H and O–H groups in total. The molecule has 0 aliphatic carbocycles. The summed E-state index contributed by atoms with van der Waals surface area (Å²) in [4.78, 5) is 15.7. The highest BCUT2D eigenvalue weighted by Gasteiger charge is 2.25. The summed E-state index contributed by atoms with van der Waals surface area (Å²) >= 11 is 5.97. The van der Waals surface area contributed by atoms with Crippen molar-refractivity contribution < 1.29 is 9.53 Å². The van der Waals surface area contributed by atoms with Gasteiger partial charge < -0.3 is 14.5 Å². The van der Waals surface area contributed by atoms with E-state index in [4.69, 9.17) is 16.3 Å². The van der Waals surface area contributed by atoms with Gasteiger partial charge in [-0.3, -0.25) is 4.79 Å². The molecule has 0 unspecified atom stereocenters. The third-order valence-electron chi connectivity index (χ3n) is 2.85. The lowest BCUT2D eigenvalue weighted by Crippen LogP contribution is -2.40. The number of carbonyl (C=O) groups is 1. The lowest BCUT2D eigenvalue weighted by atomic mass is 10.2. The Balaban J connectivity index is 2.14. The van der Waals surface area contributed by atoms with Crippen LogP contribution in [0.15, 0.2) is 18.2 Å². The van der Waals surface area contributed by atoms with E-state index in [0.717, 1.165) is 24.4 Å². The summed E-state index contributed by atoms with van der Waals surface area (Å²) in [6.07, 6.45) is 0.921. The maximum absolute atomic E-state index is 11.9. The molecule has 1 aliphatic heterocycles. The average Bonchev–Trinajstić information content (AvgIpc) is 2.31. The Hall–Kier alpha value is -1.26. The lowest BCUT2D eigenvalue weighted by molar-refractivity contribution is -0.121. The van der Waals surface area contributed by atoms with E-state index in [1.807, 2.05) is 20.2 Å². The van der Waals surface area contributed by atoms with E-state index in [0.29, 0.717) is 11.6 Å². The highest BCUT2D eigenvalue weighted by molar-refractivity contribution is 6.31. The number of benzene rings is 1. The van der Waals surface area contributed by atoms with Gasteiger partial charge in [0.1, 0.15) is 5.75 Å². The van der Waals surface area contributed by atoms with Crippen molar-refractivity contribution in [3.05, 3.63) is 23.2 Å². The van der Waals surface area contributed by atoms with Gasteiger partial charge in [-0.1, -0.05) is 11.6 Å². The van der Waals surface area contributed by atoms with Crippen LogP contribution >= 0.6 is 11.6 Å². The van der Waals surface area contributed by atoms with Gasteiger partial charge in [-0.15, -0.1) is 0 Å². The second kappa shape index (κ2) is 5.59. The van der Waals surface area contributed by atoms with E-state index < -0.39 is 0 Å². The summed E-state index contributed by atoms with van der Waals surface area (Å²) in [5.74, 6) is 0.715. The van der Waals surface area contributed by atoms with Gasteiger partial charge >= 0.3 is 0 Å². The van der Waals surface area contributed by atoms with Gasteiger partial charge in [-0.2, -0.15) is 0 Å². The molecule has 0 saturated carbocycles. The minimum atomic E-state index is -0.0106. The highest BCUT2D eigenvalue weighted by Crippen LogP contribution is 2.34. The fraction of sp³-hybridized carbons (Fsp3) is 0.462. The van der Waals surface area contributed by atoms with Gasteiger partial charge in [0.2, 0.25) is 0 Å². The molecule has 0 spiro atoms. The van der Waals surface area contributed by atoms with Crippen LogP contribution in [0.25, 0.3) is 0 Å². The van der Waals surface area contributed by atoms with E-state index in [9.17, 15) is 4.79 Å². The first-order valence-corrected chi connectivity index (χ1v) is 6.33. The molecule has 98 valence electrons. The van der Waals surface area contributed by atoms with Crippen LogP contribution in [0, 0.1) is 0 Å². The van der Waals surface area contributed by atoms with Gasteiger partial charge in [0.25, 0.3) is 5.91 Å². The van der Waals surface area contributed by atoms with Crippen molar-refractivity contribution in [2.75, 3.05) is 38.7 Å². The maximum Gasteiger partial charge on any atom is 0.265 e. The third kappa shape index (κ3) is 2.94. The Labute approximate surface area is 112 Å². The van der Waals surface area contributed by atoms with E-state index in [1.54, 1.807) is 17.0 Å². The molecule has 2 rings (SSSR count). The fourth-order valence-electron chi connectivity index (χ4n) is 1.97. The van der Waals surface area contributed by atoms with Crippen molar-refractivity contribution in [2.45, 2.75) is 6.42 Å². The van der Waals surface area contributed by atoms with Crippen molar-refractivity contribution in [3.8, 4) is 5.75 Å². The zero-order valence-electron chi connectivity index (χ0n) is 10.6. The van der Waals surface area contributed by atoms with Crippen LogP contribution in [0.5, 0.6) is 5.75 Å². The van der Waals surface area contributed by atoms with Crippen LogP contribution in [0.3, 0.4) is 0 Å². The smallest absolute Gasteiger partial charge is 0.265 e. The molecule has 0 atom stereocenters. The van der Waals surface area contributed by atoms with Crippen molar-refractivity contribution in [1.82, 2.24) is 4.90 Å². The molecule has 0 saturated heterocycles. The molecular formula is C13H17ClN2O2. The number of rotatable bonds is 4. The second-order valence-corrected chi connectivity index (χ2v) is 5.04. The monoisotopic (exact) mass is 268 g/mol. The Morgan fingerprint density at radius 2 is 2.22 bits per heavy atom. The van der Waals surface area contributed by atoms with Crippen LogP contribution in [0.2, 0.25) is 5.02 Å². The number of hydrogen-bond donors (Lipinski definition) is 0. The standard InChI is InChI=1S/C13H17ClN2O2/c1-15(2)6-3-7-16-11-8-10(14)4-5-12(11)18-9-13(16)17/h4-5,8H,3,6-7,9H2,1-2H3. The van der Waals surface area contributed by atoms with Crippen molar-refractivity contribution >= 4 is 23.2 Å². The molecule has 1 aromatic rings. The number of carbonyl (C=O) groups excluding carboxylic acids is 1. The van der Waals surface area contributed by atoms with E-state index >= 15 is 0 Å². The molecule has 18 heavy (non-hydrogen) atoms. The quantitative estimate of drug-likeness (QED) is 0.838. The second-order valence-electron chi connectivity index (χ2n) is 4.60. The summed E-state index contributed by atoms with van der Waals surface area (Å²) in [5, 5.41) is 0.615. The summed E-state index contributed by atoms with van der Waals surface area (Å²) < 4.78 is 5.39. The molecular weight excluding hydrogens is 252 g/mol. The summed E-state index contributed by atoms with van der Waals surface area (Å²) in [6.45, 7) is 1.74. The molecule has 0 aromatic heterocycles. The lowest BCUT2D eigenvalue weighted by Gasteiger charge is -2.29. The van der Waals surface area contributed by atoms with E-state index in [1.165, 1.54) is 0 Å². The summed E-state index contributed by atoms with van der Waals surface area (Å²) in [7, 11) is 4.04.